The van der Waals surface area contributed by atoms with Crippen molar-refractivity contribution in [1.82, 2.24) is 0 Å². The van der Waals surface area contributed by atoms with E-state index < -0.39 is 12.0 Å². The van der Waals surface area contributed by atoms with E-state index in [2.05, 4.69) is 0 Å². The van der Waals surface area contributed by atoms with Crippen molar-refractivity contribution >= 4 is 11.6 Å². The molecule has 16 heavy (non-hydrogen) atoms. The van der Waals surface area contributed by atoms with Gasteiger partial charge in [0.25, 0.3) is 0 Å². The summed E-state index contributed by atoms with van der Waals surface area (Å²) in [5, 5.41) is 0.266. The average molecular weight is 248 g/mol. The first-order valence-corrected chi connectivity index (χ1v) is 5.64. The fourth-order valence-corrected chi connectivity index (χ4v) is 1.84. The Morgan fingerprint density at radius 3 is 2.44 bits per heavy atom. The van der Waals surface area contributed by atoms with Crippen molar-refractivity contribution in [2.24, 2.45) is 17.6 Å². The fraction of sp³-hybridized carbons (Fsp3) is 0.500. The van der Waals surface area contributed by atoms with Crippen molar-refractivity contribution in [3.05, 3.63) is 34.6 Å². The van der Waals surface area contributed by atoms with E-state index in [4.69, 9.17) is 17.3 Å². The van der Waals surface area contributed by atoms with Gasteiger partial charge in [-0.25, -0.2) is 8.78 Å². The van der Waals surface area contributed by atoms with Crippen LogP contribution in [0.5, 0.6) is 0 Å². The van der Waals surface area contributed by atoms with E-state index in [-0.39, 0.29) is 29.0 Å². The zero-order valence-corrected chi connectivity index (χ0v) is 10.1. The molecule has 1 nitrogen and oxygen atoms in total. The zero-order chi connectivity index (χ0) is 12.3. The van der Waals surface area contributed by atoms with Crippen molar-refractivity contribution in [3.8, 4) is 0 Å². The third-order valence-corrected chi connectivity index (χ3v) is 3.00. The van der Waals surface area contributed by atoms with Gasteiger partial charge in [0.2, 0.25) is 0 Å². The number of hydrogen-bond donors (Lipinski definition) is 1. The summed E-state index contributed by atoms with van der Waals surface area (Å²) in [5.74, 6) is -0.926. The molecule has 2 unspecified atom stereocenters. The molecule has 4 heteroatoms. The van der Waals surface area contributed by atoms with Crippen LogP contribution in [-0.4, -0.2) is 6.54 Å². The zero-order valence-electron chi connectivity index (χ0n) is 9.38. The second-order valence-electron chi connectivity index (χ2n) is 4.21. The lowest BCUT2D eigenvalue weighted by Gasteiger charge is -2.23. The minimum atomic E-state index is -1.39. The van der Waals surface area contributed by atoms with Crippen LogP contribution in [0, 0.1) is 17.7 Å². The highest BCUT2D eigenvalue weighted by molar-refractivity contribution is 6.30. The molecule has 2 atom stereocenters. The molecule has 0 aliphatic heterocycles. The normalized spacial score (nSPS) is 15.2. The summed E-state index contributed by atoms with van der Waals surface area (Å²) in [6.45, 7) is 3.94. The second kappa shape index (κ2) is 5.60. The average Bonchev–Trinajstić information content (AvgIpc) is 2.17. The summed E-state index contributed by atoms with van der Waals surface area (Å²) in [5.41, 5.74) is 5.54. The van der Waals surface area contributed by atoms with Gasteiger partial charge in [0, 0.05) is 16.5 Å². The summed E-state index contributed by atoms with van der Waals surface area (Å²) in [4.78, 5) is 0. The highest BCUT2D eigenvalue weighted by atomic mass is 35.5. The summed E-state index contributed by atoms with van der Waals surface area (Å²) < 4.78 is 27.6. The van der Waals surface area contributed by atoms with Crippen molar-refractivity contribution in [2.75, 3.05) is 6.54 Å². The Balaban J connectivity index is 2.99. The maximum absolute atomic E-state index is 14.1. The first-order valence-electron chi connectivity index (χ1n) is 5.26. The molecule has 2 N–H and O–H groups in total. The molecule has 0 radical (unpaired) electrons. The molecule has 0 heterocycles. The molecule has 0 spiro atoms. The quantitative estimate of drug-likeness (QED) is 0.862. The summed E-state index contributed by atoms with van der Waals surface area (Å²) in [6.07, 6.45) is -1.39. The van der Waals surface area contributed by atoms with Crippen LogP contribution in [-0.2, 0) is 0 Å². The van der Waals surface area contributed by atoms with Crippen LogP contribution in [0.25, 0.3) is 0 Å². The summed E-state index contributed by atoms with van der Waals surface area (Å²) >= 11 is 5.61. The third kappa shape index (κ3) is 2.92. The van der Waals surface area contributed by atoms with Gasteiger partial charge in [-0.05, 0) is 24.6 Å². The highest BCUT2D eigenvalue weighted by Crippen LogP contribution is 2.33. The van der Waals surface area contributed by atoms with Crippen LogP contribution in [0.15, 0.2) is 18.2 Å². The van der Waals surface area contributed by atoms with Gasteiger partial charge in [0.05, 0.1) is 0 Å². The SMILES string of the molecule is CC(C)C(CN)C(F)c1ccc(Cl)cc1F. The van der Waals surface area contributed by atoms with E-state index in [0.717, 1.165) is 6.07 Å². The lowest BCUT2D eigenvalue weighted by atomic mass is 9.87. The minimum absolute atomic E-state index is 0.0357. The van der Waals surface area contributed by atoms with Crippen LogP contribution < -0.4 is 5.73 Å². The van der Waals surface area contributed by atoms with Gasteiger partial charge < -0.3 is 5.73 Å². The molecule has 0 amide bonds. The number of hydrogen-bond acceptors (Lipinski definition) is 1. The molecule has 90 valence electrons. The predicted octanol–water partition coefficient (Wildman–Crippen LogP) is 3.72. The van der Waals surface area contributed by atoms with Gasteiger partial charge >= 0.3 is 0 Å². The first-order chi connectivity index (χ1) is 7.47. The molecular formula is C12H16ClF2N. The van der Waals surface area contributed by atoms with Crippen LogP contribution in [0.4, 0.5) is 8.78 Å². The molecule has 1 rings (SSSR count). The second-order valence-corrected chi connectivity index (χ2v) is 4.65. The maximum atomic E-state index is 14.1. The van der Waals surface area contributed by atoms with E-state index in [1.165, 1.54) is 12.1 Å². The molecule has 0 aliphatic rings. The van der Waals surface area contributed by atoms with Crippen LogP contribution in [0.1, 0.15) is 25.6 Å². The lowest BCUT2D eigenvalue weighted by Crippen LogP contribution is -2.25. The van der Waals surface area contributed by atoms with Gasteiger partial charge in [0.15, 0.2) is 0 Å². The number of nitrogens with two attached hydrogens (primary N) is 1. The molecule has 0 aromatic heterocycles. The molecule has 0 saturated heterocycles. The van der Waals surface area contributed by atoms with Gasteiger partial charge in [-0.3, -0.25) is 0 Å². The smallest absolute Gasteiger partial charge is 0.132 e. The monoisotopic (exact) mass is 247 g/mol. The van der Waals surface area contributed by atoms with E-state index in [1.54, 1.807) is 0 Å². The first kappa shape index (κ1) is 13.4. The maximum Gasteiger partial charge on any atom is 0.132 e. The van der Waals surface area contributed by atoms with Gasteiger partial charge in [-0.1, -0.05) is 31.5 Å². The third-order valence-electron chi connectivity index (χ3n) is 2.76. The Morgan fingerprint density at radius 1 is 1.38 bits per heavy atom. The number of alkyl halides is 1. The van der Waals surface area contributed by atoms with E-state index in [9.17, 15) is 8.78 Å². The van der Waals surface area contributed by atoms with Crippen molar-refractivity contribution in [2.45, 2.75) is 20.0 Å². The Hall–Kier alpha value is -0.670. The van der Waals surface area contributed by atoms with Crippen LogP contribution in [0.3, 0.4) is 0 Å². The Kier molecular flexibility index (Phi) is 4.69. The largest absolute Gasteiger partial charge is 0.330 e. The summed E-state index contributed by atoms with van der Waals surface area (Å²) in [7, 11) is 0. The van der Waals surface area contributed by atoms with E-state index >= 15 is 0 Å². The summed E-state index contributed by atoms with van der Waals surface area (Å²) in [6, 6.07) is 3.99. The minimum Gasteiger partial charge on any atom is -0.330 e. The molecule has 1 aromatic rings. The van der Waals surface area contributed by atoms with Crippen LogP contribution >= 0.6 is 11.6 Å². The van der Waals surface area contributed by atoms with Crippen LogP contribution in [0.2, 0.25) is 5.02 Å². The lowest BCUT2D eigenvalue weighted by molar-refractivity contribution is 0.184. The van der Waals surface area contributed by atoms with Crippen molar-refractivity contribution in [1.29, 1.82) is 0 Å². The molecule has 0 bridgehead atoms. The van der Waals surface area contributed by atoms with E-state index in [0.29, 0.717) is 0 Å². The Morgan fingerprint density at radius 2 is 2.00 bits per heavy atom. The van der Waals surface area contributed by atoms with Crippen molar-refractivity contribution in [3.63, 3.8) is 0 Å². The number of benzene rings is 1. The number of rotatable bonds is 4. The number of halogens is 3. The molecule has 0 saturated carbocycles. The Bertz CT molecular complexity index is 355. The topological polar surface area (TPSA) is 26.0 Å². The standard InChI is InChI=1S/C12H16ClF2N/c1-7(2)10(6-16)12(15)9-4-3-8(13)5-11(9)14/h3-5,7,10,12H,6,16H2,1-2H3. The predicted molar refractivity (Wildman–Crippen MR) is 62.6 cm³/mol. The fourth-order valence-electron chi connectivity index (χ4n) is 1.69. The van der Waals surface area contributed by atoms with Gasteiger partial charge in [0.1, 0.15) is 12.0 Å². The molecule has 0 fully saturated rings. The highest BCUT2D eigenvalue weighted by Gasteiger charge is 2.26. The van der Waals surface area contributed by atoms with E-state index in [1.807, 2.05) is 13.8 Å². The van der Waals surface area contributed by atoms with Crippen molar-refractivity contribution < 1.29 is 8.78 Å². The molecule has 0 aliphatic carbocycles. The molecule has 1 aromatic carbocycles. The van der Waals surface area contributed by atoms with Gasteiger partial charge in [-0.15, -0.1) is 0 Å². The Labute approximate surface area is 99.6 Å². The van der Waals surface area contributed by atoms with Gasteiger partial charge in [-0.2, -0.15) is 0 Å². The molecular weight excluding hydrogens is 232 g/mol.